The second-order valence-corrected chi connectivity index (χ2v) is 6.20. The van der Waals surface area contributed by atoms with Gasteiger partial charge in [-0.05, 0) is 11.5 Å². The number of hydrogen-bond donors (Lipinski definition) is 1. The van der Waals surface area contributed by atoms with E-state index in [9.17, 15) is 8.78 Å². The first-order valence-corrected chi connectivity index (χ1v) is 6.80. The van der Waals surface area contributed by atoms with Crippen molar-refractivity contribution in [1.82, 2.24) is 10.2 Å². The lowest BCUT2D eigenvalue weighted by molar-refractivity contribution is 0.0829. The molecule has 1 atom stereocenters. The van der Waals surface area contributed by atoms with E-state index in [1.807, 2.05) is 0 Å². The predicted molar refractivity (Wildman–Crippen MR) is 73.0 cm³/mol. The zero-order chi connectivity index (χ0) is 14.0. The molecule has 1 N–H and O–H groups in total. The van der Waals surface area contributed by atoms with E-state index in [0.717, 1.165) is 26.2 Å². The summed E-state index contributed by atoms with van der Waals surface area (Å²) in [4.78, 5) is 2.24. The fourth-order valence-corrected chi connectivity index (χ4v) is 2.88. The molecule has 0 amide bonds. The van der Waals surface area contributed by atoms with Gasteiger partial charge in [-0.15, -0.1) is 0 Å². The Morgan fingerprint density at radius 3 is 2.37 bits per heavy atom. The molecule has 1 aromatic carbocycles. The monoisotopic (exact) mass is 268 g/mol. The van der Waals surface area contributed by atoms with Crippen molar-refractivity contribution in [1.29, 1.82) is 0 Å². The maximum Gasteiger partial charge on any atom is 0.163 e. The summed E-state index contributed by atoms with van der Waals surface area (Å²) in [5, 5.41) is 3.29. The standard InChI is InChI=1S/C15H22F2N2/c1-15(2,3)14(19-9-7-18-8-10-19)11-5-4-6-12(16)13(11)17/h4-6,14,18H,7-10H2,1-3H3/t14-/m0/s1. The normalized spacial score (nSPS) is 19.4. The topological polar surface area (TPSA) is 15.3 Å². The summed E-state index contributed by atoms with van der Waals surface area (Å²) in [6, 6.07) is 4.37. The highest BCUT2D eigenvalue weighted by atomic mass is 19.2. The minimum Gasteiger partial charge on any atom is -0.314 e. The van der Waals surface area contributed by atoms with Gasteiger partial charge in [-0.3, -0.25) is 4.90 Å². The summed E-state index contributed by atoms with van der Waals surface area (Å²) >= 11 is 0. The average molecular weight is 268 g/mol. The molecule has 4 heteroatoms. The van der Waals surface area contributed by atoms with Gasteiger partial charge in [0.2, 0.25) is 0 Å². The molecule has 19 heavy (non-hydrogen) atoms. The van der Waals surface area contributed by atoms with Gasteiger partial charge in [-0.2, -0.15) is 0 Å². The van der Waals surface area contributed by atoms with Crippen LogP contribution in [0.15, 0.2) is 18.2 Å². The summed E-state index contributed by atoms with van der Waals surface area (Å²) in [7, 11) is 0. The third-order valence-corrected chi connectivity index (χ3v) is 3.61. The molecular formula is C15H22F2N2. The molecule has 0 unspecified atom stereocenters. The van der Waals surface area contributed by atoms with Crippen molar-refractivity contribution >= 4 is 0 Å². The average Bonchev–Trinajstić information content (AvgIpc) is 2.35. The molecular weight excluding hydrogens is 246 g/mol. The van der Waals surface area contributed by atoms with Gasteiger partial charge in [0.1, 0.15) is 0 Å². The number of halogens is 2. The van der Waals surface area contributed by atoms with Crippen molar-refractivity contribution in [3.05, 3.63) is 35.4 Å². The van der Waals surface area contributed by atoms with Crippen LogP contribution in [0, 0.1) is 17.0 Å². The molecule has 1 aromatic rings. The number of rotatable bonds is 2. The fraction of sp³-hybridized carbons (Fsp3) is 0.600. The fourth-order valence-electron chi connectivity index (χ4n) is 2.88. The summed E-state index contributed by atoms with van der Waals surface area (Å²) in [6.45, 7) is 9.72. The van der Waals surface area contributed by atoms with Gasteiger partial charge in [-0.1, -0.05) is 32.9 Å². The molecule has 0 aliphatic carbocycles. The van der Waals surface area contributed by atoms with Gasteiger partial charge in [0.25, 0.3) is 0 Å². The lowest BCUT2D eigenvalue weighted by Gasteiger charge is -2.42. The van der Waals surface area contributed by atoms with Crippen LogP contribution in [0.25, 0.3) is 0 Å². The Labute approximate surface area is 113 Å². The Kier molecular flexibility index (Phi) is 4.21. The molecule has 1 aliphatic rings. The minimum absolute atomic E-state index is 0.106. The minimum atomic E-state index is -0.762. The van der Waals surface area contributed by atoms with Crippen molar-refractivity contribution in [2.24, 2.45) is 5.41 Å². The summed E-state index contributed by atoms with van der Waals surface area (Å²) in [5.74, 6) is -1.47. The van der Waals surface area contributed by atoms with Gasteiger partial charge in [-0.25, -0.2) is 8.78 Å². The first-order chi connectivity index (χ1) is 8.91. The summed E-state index contributed by atoms with van der Waals surface area (Å²) < 4.78 is 27.6. The Hall–Kier alpha value is -1.00. The van der Waals surface area contributed by atoms with E-state index in [4.69, 9.17) is 0 Å². The second-order valence-electron chi connectivity index (χ2n) is 6.20. The van der Waals surface area contributed by atoms with Crippen molar-refractivity contribution in [2.45, 2.75) is 26.8 Å². The van der Waals surface area contributed by atoms with E-state index in [0.29, 0.717) is 5.56 Å². The summed E-state index contributed by atoms with van der Waals surface area (Å²) in [6.07, 6.45) is 0. The number of hydrogen-bond acceptors (Lipinski definition) is 2. The summed E-state index contributed by atoms with van der Waals surface area (Å²) in [5.41, 5.74) is 0.320. The second kappa shape index (κ2) is 5.55. The predicted octanol–water partition coefficient (Wildman–Crippen LogP) is 2.96. The van der Waals surface area contributed by atoms with Crippen LogP contribution in [0.1, 0.15) is 32.4 Å². The van der Waals surface area contributed by atoms with Crippen molar-refractivity contribution in [3.8, 4) is 0 Å². The third-order valence-electron chi connectivity index (χ3n) is 3.61. The van der Waals surface area contributed by atoms with Gasteiger partial charge < -0.3 is 5.32 Å². The van der Waals surface area contributed by atoms with Crippen LogP contribution < -0.4 is 5.32 Å². The molecule has 1 heterocycles. The number of piperazine rings is 1. The van der Waals surface area contributed by atoms with Crippen LogP contribution in [0.3, 0.4) is 0 Å². The Morgan fingerprint density at radius 2 is 1.79 bits per heavy atom. The molecule has 0 aromatic heterocycles. The number of benzene rings is 1. The van der Waals surface area contributed by atoms with Crippen LogP contribution in [0.5, 0.6) is 0 Å². The van der Waals surface area contributed by atoms with Crippen molar-refractivity contribution in [2.75, 3.05) is 26.2 Å². The number of nitrogens with one attached hydrogen (secondary N) is 1. The zero-order valence-corrected chi connectivity index (χ0v) is 11.8. The first-order valence-electron chi connectivity index (χ1n) is 6.80. The van der Waals surface area contributed by atoms with Crippen LogP contribution in [-0.4, -0.2) is 31.1 Å². The lowest BCUT2D eigenvalue weighted by atomic mass is 9.80. The SMILES string of the molecule is CC(C)(C)[C@H](c1cccc(F)c1F)N1CCNCC1. The van der Waals surface area contributed by atoms with Crippen LogP contribution in [-0.2, 0) is 0 Å². The third kappa shape index (κ3) is 3.12. The van der Waals surface area contributed by atoms with E-state index in [1.165, 1.54) is 6.07 Å². The molecule has 1 fully saturated rings. The maximum absolute atomic E-state index is 14.1. The Balaban J connectivity index is 2.40. The molecule has 0 radical (unpaired) electrons. The number of nitrogens with zero attached hydrogens (tertiary/aromatic N) is 1. The highest BCUT2D eigenvalue weighted by Crippen LogP contribution is 2.39. The molecule has 2 nitrogen and oxygen atoms in total. The van der Waals surface area contributed by atoms with E-state index in [2.05, 4.69) is 31.0 Å². The quantitative estimate of drug-likeness (QED) is 0.887. The molecule has 1 aliphatic heterocycles. The van der Waals surface area contributed by atoms with Gasteiger partial charge in [0.05, 0.1) is 0 Å². The zero-order valence-electron chi connectivity index (χ0n) is 11.8. The van der Waals surface area contributed by atoms with Crippen molar-refractivity contribution < 1.29 is 8.78 Å². The van der Waals surface area contributed by atoms with E-state index in [1.54, 1.807) is 12.1 Å². The van der Waals surface area contributed by atoms with E-state index < -0.39 is 11.6 Å². The van der Waals surface area contributed by atoms with Crippen molar-refractivity contribution in [3.63, 3.8) is 0 Å². The van der Waals surface area contributed by atoms with E-state index in [-0.39, 0.29) is 11.5 Å². The maximum atomic E-state index is 14.1. The van der Waals surface area contributed by atoms with Gasteiger partial charge in [0, 0.05) is 37.8 Å². The molecule has 0 saturated carbocycles. The molecule has 106 valence electrons. The molecule has 1 saturated heterocycles. The Morgan fingerprint density at radius 1 is 1.16 bits per heavy atom. The highest BCUT2D eigenvalue weighted by molar-refractivity contribution is 5.24. The molecule has 2 rings (SSSR count). The van der Waals surface area contributed by atoms with Crippen LogP contribution in [0.2, 0.25) is 0 Å². The van der Waals surface area contributed by atoms with Crippen LogP contribution in [0.4, 0.5) is 8.78 Å². The highest BCUT2D eigenvalue weighted by Gasteiger charge is 2.34. The van der Waals surface area contributed by atoms with Gasteiger partial charge >= 0.3 is 0 Å². The molecule has 0 spiro atoms. The van der Waals surface area contributed by atoms with Gasteiger partial charge in [0.15, 0.2) is 11.6 Å². The first kappa shape index (κ1) is 14.4. The molecule has 0 bridgehead atoms. The lowest BCUT2D eigenvalue weighted by Crippen LogP contribution is -2.48. The smallest absolute Gasteiger partial charge is 0.163 e. The van der Waals surface area contributed by atoms with E-state index >= 15 is 0 Å². The largest absolute Gasteiger partial charge is 0.314 e. The Bertz CT molecular complexity index is 434. The van der Waals surface area contributed by atoms with Crippen LogP contribution >= 0.6 is 0 Å².